The minimum atomic E-state index is -0.00623. The van der Waals surface area contributed by atoms with Gasteiger partial charge in [0.25, 0.3) is 5.91 Å². The number of hydrogen-bond acceptors (Lipinski definition) is 3. The molecule has 4 heteroatoms. The minimum absolute atomic E-state index is 0.00623. The number of likely N-dealkylation sites (tertiary alicyclic amines) is 1. The van der Waals surface area contributed by atoms with Gasteiger partial charge >= 0.3 is 0 Å². The molecule has 0 bridgehead atoms. The number of piperidine rings is 1. The molecule has 3 aromatic rings. The number of amides is 1. The van der Waals surface area contributed by atoms with E-state index in [9.17, 15) is 4.79 Å². The van der Waals surface area contributed by atoms with Crippen LogP contribution >= 0.6 is 0 Å². The molecule has 140 valence electrons. The van der Waals surface area contributed by atoms with Crippen molar-refractivity contribution in [2.75, 3.05) is 20.6 Å². The third kappa shape index (κ3) is 3.76. The quantitative estimate of drug-likeness (QED) is 0.665. The zero-order valence-electron chi connectivity index (χ0n) is 16.0. The Labute approximate surface area is 160 Å². The second kappa shape index (κ2) is 7.57. The Morgan fingerprint density at radius 1 is 1.11 bits per heavy atom. The number of hydrogen-bond donors (Lipinski definition) is 0. The molecule has 27 heavy (non-hydrogen) atoms. The predicted octanol–water partition coefficient (Wildman–Crippen LogP) is 4.86. The van der Waals surface area contributed by atoms with Gasteiger partial charge < -0.3 is 14.2 Å². The van der Waals surface area contributed by atoms with Crippen LogP contribution in [0.2, 0.25) is 0 Å². The zero-order valence-corrected chi connectivity index (χ0v) is 16.0. The molecule has 1 unspecified atom stereocenters. The first-order valence-corrected chi connectivity index (χ1v) is 9.65. The molecule has 1 amide bonds. The molecule has 2 aromatic carbocycles. The first-order chi connectivity index (χ1) is 13.1. The van der Waals surface area contributed by atoms with E-state index in [0.717, 1.165) is 43.3 Å². The van der Waals surface area contributed by atoms with Crippen LogP contribution in [-0.4, -0.2) is 36.3 Å². The van der Waals surface area contributed by atoms with E-state index in [-0.39, 0.29) is 11.9 Å². The summed E-state index contributed by atoms with van der Waals surface area (Å²) < 4.78 is 5.83. The Hall–Kier alpha value is -2.59. The van der Waals surface area contributed by atoms with Gasteiger partial charge in [0.05, 0.1) is 6.04 Å². The molecule has 0 saturated carbocycles. The van der Waals surface area contributed by atoms with Crippen LogP contribution < -0.4 is 0 Å². The largest absolute Gasteiger partial charge is 0.451 e. The van der Waals surface area contributed by atoms with Gasteiger partial charge in [-0.15, -0.1) is 0 Å². The Bertz CT molecular complexity index is 894. The highest BCUT2D eigenvalue weighted by atomic mass is 16.3. The fraction of sp³-hybridized carbons (Fsp3) is 0.348. The van der Waals surface area contributed by atoms with Crippen LogP contribution in [-0.2, 0) is 6.54 Å². The molecule has 0 radical (unpaired) electrons. The maximum atomic E-state index is 13.2. The average Bonchev–Trinajstić information content (AvgIpc) is 3.12. The number of rotatable bonds is 4. The van der Waals surface area contributed by atoms with Crippen molar-refractivity contribution < 1.29 is 9.21 Å². The zero-order chi connectivity index (χ0) is 18.8. The Morgan fingerprint density at radius 2 is 1.89 bits per heavy atom. The molecule has 1 aliphatic heterocycles. The summed E-state index contributed by atoms with van der Waals surface area (Å²) in [5.74, 6) is 0.431. The standard InChI is InChI=1S/C23H26N2O2/c1-24(2)16-17-10-12-18(13-11-17)20-8-5-6-14-25(20)23(26)22-15-19-7-3-4-9-21(19)27-22/h3-4,7,9-13,15,20H,5-6,8,14,16H2,1-2H3. The predicted molar refractivity (Wildman–Crippen MR) is 108 cm³/mol. The van der Waals surface area contributed by atoms with E-state index < -0.39 is 0 Å². The molecule has 4 nitrogen and oxygen atoms in total. The summed E-state index contributed by atoms with van der Waals surface area (Å²) in [6.07, 6.45) is 3.19. The molecule has 4 rings (SSSR count). The number of carbonyl (C=O) groups is 1. The third-order valence-corrected chi connectivity index (χ3v) is 5.26. The van der Waals surface area contributed by atoms with E-state index in [1.807, 2.05) is 35.2 Å². The number of fused-ring (bicyclic) bond motifs is 1. The van der Waals surface area contributed by atoms with Gasteiger partial charge in [-0.3, -0.25) is 4.79 Å². The Balaban J connectivity index is 1.59. The van der Waals surface area contributed by atoms with E-state index in [1.165, 1.54) is 11.1 Å². The van der Waals surface area contributed by atoms with Crippen LogP contribution in [0.15, 0.2) is 59.0 Å². The summed E-state index contributed by atoms with van der Waals surface area (Å²) in [6.45, 7) is 1.70. The summed E-state index contributed by atoms with van der Waals surface area (Å²) in [5, 5.41) is 0.974. The highest BCUT2D eigenvalue weighted by Crippen LogP contribution is 2.33. The van der Waals surface area contributed by atoms with Crippen LogP contribution in [0.3, 0.4) is 0 Å². The Kier molecular flexibility index (Phi) is 4.99. The maximum Gasteiger partial charge on any atom is 0.290 e. The van der Waals surface area contributed by atoms with Crippen LogP contribution in [0.1, 0.15) is 47.0 Å². The van der Waals surface area contributed by atoms with Gasteiger partial charge in [-0.2, -0.15) is 0 Å². The van der Waals surface area contributed by atoms with Crippen molar-refractivity contribution in [3.05, 3.63) is 71.5 Å². The van der Waals surface area contributed by atoms with Crippen LogP contribution in [0, 0.1) is 0 Å². The van der Waals surface area contributed by atoms with Gasteiger partial charge in [-0.1, -0.05) is 42.5 Å². The first kappa shape index (κ1) is 17.8. The van der Waals surface area contributed by atoms with Crippen LogP contribution in [0.5, 0.6) is 0 Å². The molecule has 1 saturated heterocycles. The SMILES string of the molecule is CN(C)Cc1ccc(C2CCCCN2C(=O)c2cc3ccccc3o2)cc1. The molecule has 1 aliphatic rings. The smallest absolute Gasteiger partial charge is 0.290 e. The second-order valence-electron chi connectivity index (χ2n) is 7.64. The molecule has 0 spiro atoms. The van der Waals surface area contributed by atoms with Crippen molar-refractivity contribution >= 4 is 16.9 Å². The van der Waals surface area contributed by atoms with E-state index in [4.69, 9.17) is 4.42 Å². The van der Waals surface area contributed by atoms with E-state index in [1.54, 1.807) is 0 Å². The fourth-order valence-corrected chi connectivity index (χ4v) is 3.96. The Morgan fingerprint density at radius 3 is 2.63 bits per heavy atom. The fourth-order valence-electron chi connectivity index (χ4n) is 3.96. The number of furan rings is 1. The van der Waals surface area contributed by atoms with Crippen molar-refractivity contribution in [3.8, 4) is 0 Å². The number of nitrogens with zero attached hydrogens (tertiary/aromatic N) is 2. The molecular weight excluding hydrogens is 336 g/mol. The topological polar surface area (TPSA) is 36.7 Å². The maximum absolute atomic E-state index is 13.2. The molecule has 0 N–H and O–H groups in total. The van der Waals surface area contributed by atoms with Crippen molar-refractivity contribution in [1.82, 2.24) is 9.80 Å². The molecule has 1 aromatic heterocycles. The van der Waals surface area contributed by atoms with Crippen LogP contribution in [0.4, 0.5) is 0 Å². The molecule has 1 atom stereocenters. The molecule has 0 aliphatic carbocycles. The number of carbonyl (C=O) groups excluding carboxylic acids is 1. The van der Waals surface area contributed by atoms with E-state index in [0.29, 0.717) is 5.76 Å². The van der Waals surface area contributed by atoms with Gasteiger partial charge in [-0.25, -0.2) is 0 Å². The van der Waals surface area contributed by atoms with Crippen molar-refractivity contribution in [3.63, 3.8) is 0 Å². The van der Waals surface area contributed by atoms with E-state index >= 15 is 0 Å². The first-order valence-electron chi connectivity index (χ1n) is 9.65. The summed E-state index contributed by atoms with van der Waals surface area (Å²) in [5.41, 5.74) is 3.26. The number of para-hydroxylation sites is 1. The van der Waals surface area contributed by atoms with Crippen molar-refractivity contribution in [1.29, 1.82) is 0 Å². The van der Waals surface area contributed by atoms with Gasteiger partial charge in [0, 0.05) is 18.5 Å². The molecule has 2 heterocycles. The average molecular weight is 362 g/mol. The molecular formula is C23H26N2O2. The van der Waals surface area contributed by atoms with Crippen molar-refractivity contribution in [2.45, 2.75) is 31.8 Å². The lowest BCUT2D eigenvalue weighted by molar-refractivity contribution is 0.0581. The second-order valence-corrected chi connectivity index (χ2v) is 7.64. The summed E-state index contributed by atoms with van der Waals surface area (Å²) in [7, 11) is 4.14. The lowest BCUT2D eigenvalue weighted by Gasteiger charge is -2.35. The minimum Gasteiger partial charge on any atom is -0.451 e. The lowest BCUT2D eigenvalue weighted by Crippen LogP contribution is -2.38. The lowest BCUT2D eigenvalue weighted by atomic mass is 9.94. The third-order valence-electron chi connectivity index (χ3n) is 5.26. The van der Waals surface area contributed by atoms with Gasteiger partial charge in [0.15, 0.2) is 5.76 Å². The van der Waals surface area contributed by atoms with Gasteiger partial charge in [0.1, 0.15) is 5.58 Å². The van der Waals surface area contributed by atoms with E-state index in [2.05, 4.69) is 43.3 Å². The summed E-state index contributed by atoms with van der Waals surface area (Å²) in [4.78, 5) is 17.3. The monoisotopic (exact) mass is 362 g/mol. The summed E-state index contributed by atoms with van der Waals surface area (Å²) >= 11 is 0. The summed E-state index contributed by atoms with van der Waals surface area (Å²) in [6, 6.07) is 18.5. The highest BCUT2D eigenvalue weighted by Gasteiger charge is 2.30. The normalized spacial score (nSPS) is 17.6. The number of benzene rings is 2. The van der Waals surface area contributed by atoms with Gasteiger partial charge in [-0.05, 0) is 56.6 Å². The highest BCUT2D eigenvalue weighted by molar-refractivity contribution is 5.96. The molecule has 1 fully saturated rings. The van der Waals surface area contributed by atoms with Crippen molar-refractivity contribution in [2.24, 2.45) is 0 Å². The van der Waals surface area contributed by atoms with Crippen LogP contribution in [0.25, 0.3) is 11.0 Å². The van der Waals surface area contributed by atoms with Gasteiger partial charge in [0.2, 0.25) is 0 Å².